The van der Waals surface area contributed by atoms with Crippen molar-refractivity contribution >= 4 is 5.91 Å². The number of amides is 1. The molecule has 0 aliphatic heterocycles. The maximum atomic E-state index is 12.3. The molecule has 2 unspecified atom stereocenters. The van der Waals surface area contributed by atoms with Gasteiger partial charge in [0.05, 0.1) is 18.8 Å². The number of hydrogen-bond donors (Lipinski definition) is 3. The molecule has 4 nitrogen and oxygen atoms in total. The molecule has 0 saturated heterocycles. The third-order valence-electron chi connectivity index (χ3n) is 9.69. The molecule has 0 fully saturated rings. The van der Waals surface area contributed by atoms with Gasteiger partial charge in [-0.15, -0.1) is 0 Å². The smallest absolute Gasteiger partial charge is 0.220 e. The van der Waals surface area contributed by atoms with Gasteiger partial charge in [-0.3, -0.25) is 4.79 Å². The number of rotatable bonds is 38. The van der Waals surface area contributed by atoms with E-state index in [1.54, 1.807) is 6.08 Å². The fourth-order valence-electron chi connectivity index (χ4n) is 6.43. The molecule has 3 N–H and O–H groups in total. The molecule has 0 rings (SSSR count). The minimum atomic E-state index is -0.855. The fraction of sp³-hybridized carbons (Fsp3) is 0.884. The first-order valence-electron chi connectivity index (χ1n) is 21.1. The average Bonchev–Trinajstić information content (AvgIpc) is 3.07. The summed E-state index contributed by atoms with van der Waals surface area (Å²) in [5.74, 6) is -0.0733. The standard InChI is InChI=1S/C43H83NO3/c1-3-5-7-9-11-13-14-15-16-17-18-19-20-21-22-23-24-25-26-27-28-29-31-33-35-37-39-43(47)44-41(40-45)42(46)38-36-34-32-30-12-10-8-6-4-2/h12,30,36,38,41-42,45-46H,3-11,13-29,31-35,37,39-40H2,1-2H3,(H,44,47)/b30-12+,38-36+. The average molecular weight is 662 g/mol. The number of aliphatic hydroxyl groups is 2. The van der Waals surface area contributed by atoms with Crippen molar-refractivity contribution in [2.24, 2.45) is 0 Å². The topological polar surface area (TPSA) is 69.6 Å². The minimum Gasteiger partial charge on any atom is -0.394 e. The van der Waals surface area contributed by atoms with E-state index in [0.717, 1.165) is 32.1 Å². The second-order valence-corrected chi connectivity index (χ2v) is 14.4. The van der Waals surface area contributed by atoms with E-state index in [1.807, 2.05) is 6.08 Å². The van der Waals surface area contributed by atoms with Crippen molar-refractivity contribution < 1.29 is 15.0 Å². The first-order valence-corrected chi connectivity index (χ1v) is 21.1. The van der Waals surface area contributed by atoms with E-state index in [2.05, 4.69) is 31.3 Å². The Balaban J connectivity index is 3.44. The van der Waals surface area contributed by atoms with Crippen LogP contribution in [0, 0.1) is 0 Å². The highest BCUT2D eigenvalue weighted by Gasteiger charge is 2.17. The lowest BCUT2D eigenvalue weighted by Crippen LogP contribution is -2.45. The van der Waals surface area contributed by atoms with E-state index in [0.29, 0.717) is 6.42 Å². The molecule has 4 heteroatoms. The largest absolute Gasteiger partial charge is 0.394 e. The van der Waals surface area contributed by atoms with Gasteiger partial charge in [0.1, 0.15) is 0 Å². The third-order valence-corrected chi connectivity index (χ3v) is 9.69. The number of carbonyl (C=O) groups is 1. The molecule has 47 heavy (non-hydrogen) atoms. The lowest BCUT2D eigenvalue weighted by molar-refractivity contribution is -0.123. The number of hydrogen-bond acceptors (Lipinski definition) is 3. The number of unbranched alkanes of at least 4 members (excludes halogenated alkanes) is 29. The lowest BCUT2D eigenvalue weighted by atomic mass is 10.0. The molecule has 1 amide bonds. The molecule has 278 valence electrons. The summed E-state index contributed by atoms with van der Waals surface area (Å²) in [5.41, 5.74) is 0. The van der Waals surface area contributed by atoms with Crippen LogP contribution >= 0.6 is 0 Å². The van der Waals surface area contributed by atoms with E-state index in [9.17, 15) is 15.0 Å². The predicted molar refractivity (Wildman–Crippen MR) is 207 cm³/mol. The van der Waals surface area contributed by atoms with Crippen LogP contribution in [0.3, 0.4) is 0 Å². The van der Waals surface area contributed by atoms with E-state index >= 15 is 0 Å². The molecule has 0 aliphatic carbocycles. The maximum absolute atomic E-state index is 12.3. The van der Waals surface area contributed by atoms with Crippen molar-refractivity contribution in [3.05, 3.63) is 24.3 Å². The summed E-state index contributed by atoms with van der Waals surface area (Å²) in [4.78, 5) is 12.3. The van der Waals surface area contributed by atoms with Gasteiger partial charge < -0.3 is 15.5 Å². The van der Waals surface area contributed by atoms with Gasteiger partial charge in [-0.2, -0.15) is 0 Å². The molecule has 0 aliphatic rings. The molecule has 0 bridgehead atoms. The third kappa shape index (κ3) is 36.0. The van der Waals surface area contributed by atoms with Gasteiger partial charge in [0.15, 0.2) is 0 Å². The summed E-state index contributed by atoms with van der Waals surface area (Å²) >= 11 is 0. The van der Waals surface area contributed by atoms with Crippen LogP contribution in [0.1, 0.15) is 226 Å². The quantitative estimate of drug-likeness (QED) is 0.0455. The highest BCUT2D eigenvalue weighted by molar-refractivity contribution is 5.76. The molecular formula is C43H83NO3. The molecular weight excluding hydrogens is 578 g/mol. The molecule has 0 radical (unpaired) electrons. The van der Waals surface area contributed by atoms with Crippen LogP contribution in [0.15, 0.2) is 24.3 Å². The van der Waals surface area contributed by atoms with Crippen molar-refractivity contribution in [1.29, 1.82) is 0 Å². The zero-order valence-electron chi connectivity index (χ0n) is 31.8. The number of carbonyl (C=O) groups excluding carboxylic acids is 1. The molecule has 0 aromatic rings. The van der Waals surface area contributed by atoms with Gasteiger partial charge >= 0.3 is 0 Å². The normalized spacial score (nSPS) is 13.2. The predicted octanol–water partition coefficient (Wildman–Crippen LogP) is 12.8. The molecule has 2 atom stereocenters. The fourth-order valence-corrected chi connectivity index (χ4v) is 6.43. The Morgan fingerprint density at radius 2 is 0.830 bits per heavy atom. The van der Waals surface area contributed by atoms with E-state index in [-0.39, 0.29) is 12.5 Å². The van der Waals surface area contributed by atoms with Crippen LogP contribution < -0.4 is 5.32 Å². The van der Waals surface area contributed by atoms with Crippen LogP contribution in [0.25, 0.3) is 0 Å². The zero-order chi connectivity index (χ0) is 34.3. The summed E-state index contributed by atoms with van der Waals surface area (Å²) < 4.78 is 0. The van der Waals surface area contributed by atoms with Crippen LogP contribution in [-0.4, -0.2) is 34.9 Å². The number of allylic oxidation sites excluding steroid dienone is 3. The van der Waals surface area contributed by atoms with E-state index in [4.69, 9.17) is 0 Å². The zero-order valence-corrected chi connectivity index (χ0v) is 31.8. The van der Waals surface area contributed by atoms with Crippen molar-refractivity contribution in [3.8, 4) is 0 Å². The summed E-state index contributed by atoms with van der Waals surface area (Å²) in [5, 5.41) is 22.8. The van der Waals surface area contributed by atoms with Gasteiger partial charge in [0, 0.05) is 6.42 Å². The monoisotopic (exact) mass is 662 g/mol. The van der Waals surface area contributed by atoms with Crippen LogP contribution in [-0.2, 0) is 4.79 Å². The summed E-state index contributed by atoms with van der Waals surface area (Å²) in [6, 6.07) is -0.632. The van der Waals surface area contributed by atoms with Gasteiger partial charge in [0.2, 0.25) is 5.91 Å². The second kappa shape index (κ2) is 39.3. The summed E-state index contributed by atoms with van der Waals surface area (Å²) in [7, 11) is 0. The van der Waals surface area contributed by atoms with Gasteiger partial charge in [-0.05, 0) is 32.1 Å². The molecule has 0 spiro atoms. The molecule has 0 heterocycles. The Kier molecular flexibility index (Phi) is 38.4. The minimum absolute atomic E-state index is 0.0733. The Labute approximate surface area is 294 Å². The van der Waals surface area contributed by atoms with Crippen LogP contribution in [0.4, 0.5) is 0 Å². The first kappa shape index (κ1) is 45.9. The molecule has 0 aromatic carbocycles. The SMILES string of the molecule is CCCCC/C=C/CC/C=C/C(O)C(CO)NC(=O)CCCCCCCCCCCCCCCCCCCCCCCCCCCC. The number of nitrogens with one attached hydrogen (secondary N) is 1. The molecule has 0 aromatic heterocycles. The van der Waals surface area contributed by atoms with Crippen LogP contribution in [0.2, 0.25) is 0 Å². The van der Waals surface area contributed by atoms with Crippen molar-refractivity contribution in [2.45, 2.75) is 238 Å². The Bertz CT molecular complexity index is 676. The van der Waals surface area contributed by atoms with Gasteiger partial charge in [-0.25, -0.2) is 0 Å². The first-order chi connectivity index (χ1) is 23.2. The Morgan fingerprint density at radius 3 is 1.23 bits per heavy atom. The van der Waals surface area contributed by atoms with Gasteiger partial charge in [0.25, 0.3) is 0 Å². The van der Waals surface area contributed by atoms with Crippen LogP contribution in [0.5, 0.6) is 0 Å². The van der Waals surface area contributed by atoms with Crippen molar-refractivity contribution in [1.82, 2.24) is 5.32 Å². The number of aliphatic hydroxyl groups excluding tert-OH is 2. The van der Waals surface area contributed by atoms with Crippen molar-refractivity contribution in [2.75, 3.05) is 6.61 Å². The summed E-state index contributed by atoms with van der Waals surface area (Å²) in [6.07, 6.45) is 50.2. The lowest BCUT2D eigenvalue weighted by Gasteiger charge is -2.19. The van der Waals surface area contributed by atoms with Crippen molar-refractivity contribution in [3.63, 3.8) is 0 Å². The maximum Gasteiger partial charge on any atom is 0.220 e. The van der Waals surface area contributed by atoms with E-state index in [1.165, 1.54) is 173 Å². The Hall–Kier alpha value is -1.13. The van der Waals surface area contributed by atoms with Gasteiger partial charge in [-0.1, -0.05) is 212 Å². The second-order valence-electron chi connectivity index (χ2n) is 14.4. The molecule has 0 saturated carbocycles. The Morgan fingerprint density at radius 1 is 0.489 bits per heavy atom. The highest BCUT2D eigenvalue weighted by Crippen LogP contribution is 2.16. The summed E-state index contributed by atoms with van der Waals surface area (Å²) in [6.45, 7) is 4.26. The highest BCUT2D eigenvalue weighted by atomic mass is 16.3. The van der Waals surface area contributed by atoms with E-state index < -0.39 is 12.1 Å².